The van der Waals surface area contributed by atoms with Gasteiger partial charge in [-0.05, 0) is 72.5 Å². The molecule has 8 aromatic carbocycles. The summed E-state index contributed by atoms with van der Waals surface area (Å²) in [5.41, 5.74) is 15.1. The van der Waals surface area contributed by atoms with Gasteiger partial charge in [-0.2, -0.15) is 0 Å². The Bertz CT molecular complexity index is 2890. The maximum absolute atomic E-state index is 5.28. The van der Waals surface area contributed by atoms with Gasteiger partial charge in [0.05, 0.1) is 5.41 Å². The second kappa shape index (κ2) is 12.3. The highest BCUT2D eigenvalue weighted by Gasteiger charge is 2.53. The summed E-state index contributed by atoms with van der Waals surface area (Å²) < 4.78 is 0. The fourth-order valence-electron chi connectivity index (χ4n) is 9.70. The van der Waals surface area contributed by atoms with Gasteiger partial charge >= 0.3 is 0 Å². The van der Waals surface area contributed by atoms with Crippen molar-refractivity contribution in [3.63, 3.8) is 0 Å². The van der Waals surface area contributed by atoms with Crippen LogP contribution in [0.5, 0.6) is 0 Å². The van der Waals surface area contributed by atoms with Crippen LogP contribution in [0.3, 0.4) is 0 Å². The number of fused-ring (bicyclic) bond motifs is 10. The minimum atomic E-state index is -0.490. The van der Waals surface area contributed by atoms with Crippen molar-refractivity contribution < 1.29 is 0 Å². The van der Waals surface area contributed by atoms with Crippen LogP contribution in [0.1, 0.15) is 47.2 Å². The van der Waals surface area contributed by atoms with E-state index in [0.717, 1.165) is 38.6 Å². The molecule has 264 valence electrons. The van der Waals surface area contributed by atoms with Gasteiger partial charge in [-0.15, -0.1) is 0 Å². The van der Waals surface area contributed by atoms with Gasteiger partial charge in [0.25, 0.3) is 0 Å². The average molecular weight is 716 g/mol. The van der Waals surface area contributed by atoms with E-state index >= 15 is 0 Å². The maximum Gasteiger partial charge on any atom is 0.165 e. The molecule has 1 spiro atoms. The van der Waals surface area contributed by atoms with Crippen molar-refractivity contribution in [3.8, 4) is 56.4 Å². The molecule has 0 saturated carbocycles. The zero-order valence-electron chi connectivity index (χ0n) is 31.2. The number of nitrogens with zero attached hydrogens (tertiary/aromatic N) is 3. The maximum atomic E-state index is 5.28. The van der Waals surface area contributed by atoms with Gasteiger partial charge in [-0.1, -0.05) is 196 Å². The molecule has 0 aliphatic heterocycles. The van der Waals surface area contributed by atoms with Crippen LogP contribution in [0.25, 0.3) is 67.2 Å². The minimum absolute atomic E-state index is 0.162. The number of hydrogen-bond donors (Lipinski definition) is 0. The van der Waals surface area contributed by atoms with Crippen molar-refractivity contribution in [1.82, 2.24) is 15.0 Å². The second-order valence-electron chi connectivity index (χ2n) is 15.5. The Labute approximate surface area is 327 Å². The summed E-state index contributed by atoms with van der Waals surface area (Å²) in [6.07, 6.45) is 0. The highest BCUT2D eigenvalue weighted by Crippen LogP contribution is 2.62. The van der Waals surface area contributed by atoms with E-state index in [1.165, 1.54) is 44.5 Å². The van der Waals surface area contributed by atoms with Gasteiger partial charge in [0.2, 0.25) is 0 Å². The molecule has 0 bridgehead atoms. The third-order valence-corrected chi connectivity index (χ3v) is 12.2. The molecule has 2 aliphatic carbocycles. The zero-order valence-corrected chi connectivity index (χ0v) is 31.2. The van der Waals surface area contributed by atoms with Crippen molar-refractivity contribution in [2.24, 2.45) is 0 Å². The Kier molecular flexibility index (Phi) is 7.11. The van der Waals surface area contributed by atoms with Gasteiger partial charge in [0.15, 0.2) is 17.5 Å². The predicted molar refractivity (Wildman–Crippen MR) is 229 cm³/mol. The fourth-order valence-corrected chi connectivity index (χ4v) is 9.70. The molecule has 1 aromatic heterocycles. The topological polar surface area (TPSA) is 38.7 Å². The average Bonchev–Trinajstić information content (AvgIpc) is 3.56. The number of hydrogen-bond acceptors (Lipinski definition) is 3. The molecule has 0 radical (unpaired) electrons. The Balaban J connectivity index is 1.21. The number of benzene rings is 8. The molecule has 9 aromatic rings. The lowest BCUT2D eigenvalue weighted by molar-refractivity contribution is 0.563. The molecule has 11 rings (SSSR count). The summed E-state index contributed by atoms with van der Waals surface area (Å²) >= 11 is 0. The van der Waals surface area contributed by atoms with Crippen LogP contribution in [0.2, 0.25) is 0 Å². The molecule has 1 heterocycles. The number of rotatable bonds is 4. The Morgan fingerprint density at radius 2 is 0.821 bits per heavy atom. The van der Waals surface area contributed by atoms with Crippen LogP contribution in [-0.4, -0.2) is 15.0 Å². The summed E-state index contributed by atoms with van der Waals surface area (Å²) in [6.45, 7) is 4.75. The smallest absolute Gasteiger partial charge is 0.165 e. The van der Waals surface area contributed by atoms with E-state index in [4.69, 9.17) is 15.0 Å². The first-order valence-electron chi connectivity index (χ1n) is 19.4. The van der Waals surface area contributed by atoms with E-state index in [1.54, 1.807) is 0 Å². The Morgan fingerprint density at radius 1 is 0.339 bits per heavy atom. The highest BCUT2D eigenvalue weighted by atomic mass is 15.0. The first kappa shape index (κ1) is 32.5. The van der Waals surface area contributed by atoms with Crippen molar-refractivity contribution >= 4 is 10.8 Å². The summed E-state index contributed by atoms with van der Waals surface area (Å²) in [4.78, 5) is 15.6. The van der Waals surface area contributed by atoms with Crippen LogP contribution in [0, 0.1) is 0 Å². The Morgan fingerprint density at radius 3 is 1.46 bits per heavy atom. The molecular formula is C53H37N3. The molecule has 56 heavy (non-hydrogen) atoms. The van der Waals surface area contributed by atoms with Crippen LogP contribution in [-0.2, 0) is 10.8 Å². The third kappa shape index (κ3) is 4.61. The van der Waals surface area contributed by atoms with Gasteiger partial charge in [-0.3, -0.25) is 0 Å². The normalized spacial score (nSPS) is 14.2. The molecule has 0 amide bonds. The zero-order chi connectivity index (χ0) is 37.4. The predicted octanol–water partition coefficient (Wildman–Crippen LogP) is 12.7. The first-order valence-corrected chi connectivity index (χ1v) is 19.4. The standard InChI is InChI=1S/C53H37N3/c1-52(2)43-25-13-15-27-45(43)53(46-28-16-14-26-44(46)52)42-24-12-11-23-40(42)41-32-30-37(33-47(41)53)39-31-29-34-17-9-10-22-38(34)48(39)51-55-49(35-18-5-3-6-19-35)54-50(56-51)36-20-7-4-8-21-36/h3-33H,1-2H3. The lowest BCUT2D eigenvalue weighted by Crippen LogP contribution is -2.40. The van der Waals surface area contributed by atoms with Crippen LogP contribution < -0.4 is 0 Å². The van der Waals surface area contributed by atoms with Crippen molar-refractivity contribution in [2.75, 3.05) is 0 Å². The summed E-state index contributed by atoms with van der Waals surface area (Å²) in [5, 5.41) is 2.24. The summed E-state index contributed by atoms with van der Waals surface area (Å²) in [6, 6.07) is 67.9. The largest absolute Gasteiger partial charge is 0.208 e. The SMILES string of the molecule is CC1(C)c2ccccc2C2(c3ccccc3-c3ccc(-c4ccc5ccccc5c4-c4nc(-c5ccccc5)nc(-c5ccccc5)n4)cc32)c2ccccc21. The fraction of sp³-hybridized carbons (Fsp3) is 0.0755. The lowest BCUT2D eigenvalue weighted by Gasteiger charge is -2.46. The molecule has 0 atom stereocenters. The van der Waals surface area contributed by atoms with E-state index in [1.807, 2.05) is 36.4 Å². The molecule has 0 saturated heterocycles. The highest BCUT2D eigenvalue weighted by molar-refractivity contribution is 6.03. The minimum Gasteiger partial charge on any atom is -0.208 e. The van der Waals surface area contributed by atoms with E-state index in [0.29, 0.717) is 17.5 Å². The summed E-state index contributed by atoms with van der Waals surface area (Å²) in [7, 11) is 0. The lowest BCUT2D eigenvalue weighted by atomic mass is 9.55. The summed E-state index contributed by atoms with van der Waals surface area (Å²) in [5.74, 6) is 1.95. The first-order chi connectivity index (χ1) is 27.5. The Hall–Kier alpha value is -6.97. The second-order valence-corrected chi connectivity index (χ2v) is 15.5. The third-order valence-electron chi connectivity index (χ3n) is 12.2. The van der Waals surface area contributed by atoms with E-state index in [9.17, 15) is 0 Å². The molecular weight excluding hydrogens is 679 g/mol. The van der Waals surface area contributed by atoms with Gasteiger partial charge in [0.1, 0.15) is 0 Å². The molecule has 0 unspecified atom stereocenters. The van der Waals surface area contributed by atoms with Crippen LogP contribution >= 0.6 is 0 Å². The van der Waals surface area contributed by atoms with Crippen LogP contribution in [0.15, 0.2) is 188 Å². The molecule has 3 heteroatoms. The van der Waals surface area contributed by atoms with Crippen molar-refractivity contribution in [1.29, 1.82) is 0 Å². The molecule has 0 N–H and O–H groups in total. The van der Waals surface area contributed by atoms with E-state index < -0.39 is 5.41 Å². The molecule has 3 nitrogen and oxygen atoms in total. The van der Waals surface area contributed by atoms with Gasteiger partial charge in [0, 0.05) is 22.1 Å². The van der Waals surface area contributed by atoms with Crippen LogP contribution in [0.4, 0.5) is 0 Å². The van der Waals surface area contributed by atoms with Crippen molar-refractivity contribution in [2.45, 2.75) is 24.7 Å². The number of aromatic nitrogens is 3. The quantitative estimate of drug-likeness (QED) is 0.182. The van der Waals surface area contributed by atoms with E-state index in [-0.39, 0.29) is 5.41 Å². The molecule has 2 aliphatic rings. The van der Waals surface area contributed by atoms with Gasteiger partial charge in [-0.25, -0.2) is 15.0 Å². The van der Waals surface area contributed by atoms with E-state index in [2.05, 4.69) is 166 Å². The monoisotopic (exact) mass is 715 g/mol. The van der Waals surface area contributed by atoms with Crippen molar-refractivity contribution in [3.05, 3.63) is 221 Å². The molecule has 0 fully saturated rings. The van der Waals surface area contributed by atoms with Gasteiger partial charge < -0.3 is 0 Å².